The first kappa shape index (κ1) is 12.6. The predicted molar refractivity (Wildman–Crippen MR) is 73.2 cm³/mol. The Bertz CT molecular complexity index is 343. The van der Waals surface area contributed by atoms with Crippen LogP contribution in [0.1, 0.15) is 36.8 Å². The Morgan fingerprint density at radius 1 is 1.47 bits per heavy atom. The van der Waals surface area contributed by atoms with Crippen molar-refractivity contribution in [2.45, 2.75) is 32.1 Å². The Hall–Kier alpha value is -0.860. The van der Waals surface area contributed by atoms with E-state index in [0.717, 1.165) is 18.9 Å². The molecule has 0 spiro atoms. The first-order valence-corrected chi connectivity index (χ1v) is 6.81. The van der Waals surface area contributed by atoms with Crippen molar-refractivity contribution in [1.29, 1.82) is 0 Å². The van der Waals surface area contributed by atoms with Gasteiger partial charge in [0.2, 0.25) is 0 Å². The number of nitrogens with two attached hydrogens (primary N) is 1. The van der Waals surface area contributed by atoms with Gasteiger partial charge in [0.05, 0.1) is 0 Å². The first-order valence-electron chi connectivity index (χ1n) is 6.81. The third-order valence-corrected chi connectivity index (χ3v) is 3.95. The lowest BCUT2D eigenvalue weighted by molar-refractivity contribution is 0.334. The van der Waals surface area contributed by atoms with Crippen molar-refractivity contribution in [2.75, 3.05) is 19.6 Å². The van der Waals surface area contributed by atoms with E-state index in [-0.39, 0.29) is 0 Å². The second-order valence-corrected chi connectivity index (χ2v) is 5.18. The van der Waals surface area contributed by atoms with E-state index < -0.39 is 0 Å². The smallest absolute Gasteiger partial charge is 0.00148 e. The molecule has 0 amide bonds. The third kappa shape index (κ3) is 3.30. The monoisotopic (exact) mass is 232 g/mol. The zero-order chi connectivity index (χ0) is 12.1. The van der Waals surface area contributed by atoms with Crippen LogP contribution < -0.4 is 11.1 Å². The summed E-state index contributed by atoms with van der Waals surface area (Å²) >= 11 is 0. The molecule has 1 fully saturated rings. The molecule has 2 nitrogen and oxygen atoms in total. The van der Waals surface area contributed by atoms with Gasteiger partial charge in [0.15, 0.2) is 0 Å². The summed E-state index contributed by atoms with van der Waals surface area (Å²) in [6.07, 6.45) is 3.66. The summed E-state index contributed by atoms with van der Waals surface area (Å²) in [4.78, 5) is 0. The van der Waals surface area contributed by atoms with E-state index in [1.807, 2.05) is 0 Å². The maximum Gasteiger partial charge on any atom is -0.00148 e. The van der Waals surface area contributed by atoms with Crippen molar-refractivity contribution in [3.63, 3.8) is 0 Å². The molecule has 0 bridgehead atoms. The molecule has 0 aliphatic carbocycles. The molecule has 2 unspecified atom stereocenters. The van der Waals surface area contributed by atoms with Crippen LogP contribution in [0.2, 0.25) is 0 Å². The molecule has 94 valence electrons. The number of benzene rings is 1. The molecule has 0 saturated carbocycles. The lowest BCUT2D eigenvalue weighted by Crippen LogP contribution is -2.32. The van der Waals surface area contributed by atoms with Gasteiger partial charge in [-0.25, -0.2) is 0 Å². The van der Waals surface area contributed by atoms with Gasteiger partial charge in [-0.3, -0.25) is 0 Å². The van der Waals surface area contributed by atoms with Crippen molar-refractivity contribution >= 4 is 0 Å². The molecule has 1 aliphatic heterocycles. The van der Waals surface area contributed by atoms with Crippen LogP contribution in [0, 0.1) is 5.92 Å². The lowest BCUT2D eigenvalue weighted by atomic mass is 9.82. The van der Waals surface area contributed by atoms with E-state index in [1.165, 1.54) is 37.1 Å². The number of hydrogen-bond acceptors (Lipinski definition) is 2. The lowest BCUT2D eigenvalue weighted by Gasteiger charge is -2.28. The number of piperidine rings is 1. The van der Waals surface area contributed by atoms with Crippen LogP contribution in [0.3, 0.4) is 0 Å². The van der Waals surface area contributed by atoms with Crippen LogP contribution >= 0.6 is 0 Å². The number of rotatable bonds is 4. The highest BCUT2D eigenvalue weighted by molar-refractivity contribution is 5.27. The van der Waals surface area contributed by atoms with Crippen molar-refractivity contribution in [3.8, 4) is 0 Å². The Labute approximate surface area is 105 Å². The summed E-state index contributed by atoms with van der Waals surface area (Å²) in [5, 5.41) is 3.51. The topological polar surface area (TPSA) is 38.0 Å². The van der Waals surface area contributed by atoms with Gasteiger partial charge >= 0.3 is 0 Å². The van der Waals surface area contributed by atoms with E-state index in [1.54, 1.807) is 0 Å². The fourth-order valence-electron chi connectivity index (χ4n) is 2.78. The van der Waals surface area contributed by atoms with Gasteiger partial charge in [-0.15, -0.1) is 0 Å². The summed E-state index contributed by atoms with van der Waals surface area (Å²) < 4.78 is 0. The van der Waals surface area contributed by atoms with E-state index in [4.69, 9.17) is 5.73 Å². The summed E-state index contributed by atoms with van der Waals surface area (Å²) in [5.74, 6) is 1.44. The van der Waals surface area contributed by atoms with Crippen molar-refractivity contribution in [1.82, 2.24) is 5.32 Å². The van der Waals surface area contributed by atoms with Crippen molar-refractivity contribution in [2.24, 2.45) is 11.7 Å². The maximum absolute atomic E-state index is 5.62. The van der Waals surface area contributed by atoms with E-state index in [2.05, 4.69) is 36.5 Å². The second kappa shape index (κ2) is 6.18. The molecule has 2 heteroatoms. The molecule has 0 radical (unpaired) electrons. The van der Waals surface area contributed by atoms with Crippen LogP contribution in [0.25, 0.3) is 0 Å². The maximum atomic E-state index is 5.62. The van der Waals surface area contributed by atoms with Crippen LogP contribution in [-0.2, 0) is 6.42 Å². The Kier molecular flexibility index (Phi) is 4.57. The quantitative estimate of drug-likeness (QED) is 0.836. The minimum Gasteiger partial charge on any atom is -0.330 e. The van der Waals surface area contributed by atoms with Gasteiger partial charge in [0, 0.05) is 0 Å². The van der Waals surface area contributed by atoms with Crippen LogP contribution in [0.4, 0.5) is 0 Å². The number of nitrogens with one attached hydrogen (secondary N) is 1. The van der Waals surface area contributed by atoms with Gasteiger partial charge < -0.3 is 11.1 Å². The zero-order valence-corrected chi connectivity index (χ0v) is 10.8. The SMILES string of the molecule is CC(c1cccc(CCN)c1)C1CCCNC1. The molecule has 17 heavy (non-hydrogen) atoms. The average Bonchev–Trinajstić information content (AvgIpc) is 2.40. The molecule has 1 aromatic rings. The third-order valence-electron chi connectivity index (χ3n) is 3.95. The van der Waals surface area contributed by atoms with Gasteiger partial charge in [-0.1, -0.05) is 31.2 Å². The Balaban J connectivity index is 2.06. The molecule has 1 aliphatic rings. The summed E-state index contributed by atoms with van der Waals surface area (Å²) in [6, 6.07) is 8.96. The van der Waals surface area contributed by atoms with Crippen LogP contribution in [0.15, 0.2) is 24.3 Å². The fourth-order valence-corrected chi connectivity index (χ4v) is 2.78. The van der Waals surface area contributed by atoms with Gasteiger partial charge in [-0.2, -0.15) is 0 Å². The zero-order valence-electron chi connectivity index (χ0n) is 10.8. The fraction of sp³-hybridized carbons (Fsp3) is 0.600. The van der Waals surface area contributed by atoms with E-state index in [0.29, 0.717) is 5.92 Å². The summed E-state index contributed by atoms with van der Waals surface area (Å²) in [6.45, 7) is 5.46. The van der Waals surface area contributed by atoms with Crippen LogP contribution in [-0.4, -0.2) is 19.6 Å². The Morgan fingerprint density at radius 3 is 3.06 bits per heavy atom. The minimum atomic E-state index is 0.653. The molecular formula is C15H24N2. The molecular weight excluding hydrogens is 208 g/mol. The normalized spacial score (nSPS) is 22.4. The average molecular weight is 232 g/mol. The molecule has 3 N–H and O–H groups in total. The van der Waals surface area contributed by atoms with Crippen molar-refractivity contribution in [3.05, 3.63) is 35.4 Å². The van der Waals surface area contributed by atoms with Gasteiger partial charge in [-0.05, 0) is 61.9 Å². The molecule has 2 rings (SSSR count). The second-order valence-electron chi connectivity index (χ2n) is 5.18. The molecule has 1 saturated heterocycles. The minimum absolute atomic E-state index is 0.653. The molecule has 1 heterocycles. The predicted octanol–water partition coefficient (Wildman–Crippen LogP) is 2.29. The number of hydrogen-bond donors (Lipinski definition) is 2. The van der Waals surface area contributed by atoms with Gasteiger partial charge in [0.1, 0.15) is 0 Å². The highest BCUT2D eigenvalue weighted by atomic mass is 14.9. The molecule has 0 aromatic heterocycles. The first-order chi connectivity index (χ1) is 8.31. The Morgan fingerprint density at radius 2 is 2.35 bits per heavy atom. The highest BCUT2D eigenvalue weighted by Crippen LogP contribution is 2.29. The highest BCUT2D eigenvalue weighted by Gasteiger charge is 2.21. The van der Waals surface area contributed by atoms with E-state index in [9.17, 15) is 0 Å². The summed E-state index contributed by atoms with van der Waals surface area (Å²) in [5.41, 5.74) is 8.47. The molecule has 1 aromatic carbocycles. The van der Waals surface area contributed by atoms with Crippen molar-refractivity contribution < 1.29 is 0 Å². The summed E-state index contributed by atoms with van der Waals surface area (Å²) in [7, 11) is 0. The van der Waals surface area contributed by atoms with Crippen LogP contribution in [0.5, 0.6) is 0 Å². The molecule has 2 atom stereocenters. The van der Waals surface area contributed by atoms with E-state index >= 15 is 0 Å². The van der Waals surface area contributed by atoms with Gasteiger partial charge in [0.25, 0.3) is 0 Å². The standard InChI is InChI=1S/C15H24N2/c1-12(15-6-3-9-17-11-15)14-5-2-4-13(10-14)7-8-16/h2,4-5,10,12,15,17H,3,6-9,11,16H2,1H3. The largest absolute Gasteiger partial charge is 0.330 e.